The molecule has 0 aromatic heterocycles. The van der Waals surface area contributed by atoms with Crippen LogP contribution in [0.1, 0.15) is 16.7 Å². The van der Waals surface area contributed by atoms with Crippen molar-refractivity contribution in [3.8, 4) is 0 Å². The van der Waals surface area contributed by atoms with Crippen molar-refractivity contribution in [2.24, 2.45) is 0 Å². The van der Waals surface area contributed by atoms with Crippen molar-refractivity contribution in [1.29, 1.82) is 0 Å². The van der Waals surface area contributed by atoms with E-state index in [2.05, 4.69) is 19.1 Å². The fourth-order valence-electron chi connectivity index (χ4n) is 1.40. The second-order valence-corrected chi connectivity index (χ2v) is 3.78. The van der Waals surface area contributed by atoms with Crippen LogP contribution in [-0.2, 0) is 4.79 Å². The lowest BCUT2D eigenvalue weighted by atomic mass is 10.1. The smallest absolute Gasteiger partial charge is 0.180 e. The molecule has 0 saturated carbocycles. The van der Waals surface area contributed by atoms with Crippen molar-refractivity contribution in [2.45, 2.75) is 25.7 Å². The summed E-state index contributed by atoms with van der Waals surface area (Å²) in [7, 11) is 0. The van der Waals surface area contributed by atoms with Gasteiger partial charge in [-0.1, -0.05) is 29.5 Å². The standard InChI is InChI=1S/C10H12OS/c1-7-4-8(2)10(12-6-11)9(3)5-7/h4-6H,1-3H3. The highest BCUT2D eigenvalue weighted by molar-refractivity contribution is 8.12. The number of hydrogen-bond acceptors (Lipinski definition) is 2. The summed E-state index contributed by atoms with van der Waals surface area (Å²) >= 11 is 1.26. The van der Waals surface area contributed by atoms with E-state index >= 15 is 0 Å². The Balaban J connectivity index is 3.18. The molecule has 0 aliphatic rings. The highest BCUT2D eigenvalue weighted by atomic mass is 32.2. The van der Waals surface area contributed by atoms with E-state index in [9.17, 15) is 4.79 Å². The Bertz CT molecular complexity index is 282. The Kier molecular flexibility index (Phi) is 2.93. The molecule has 0 fully saturated rings. The Hall–Kier alpha value is -0.760. The second-order valence-electron chi connectivity index (χ2n) is 2.94. The highest BCUT2D eigenvalue weighted by Gasteiger charge is 2.02. The first-order chi connectivity index (χ1) is 5.65. The highest BCUT2D eigenvalue weighted by Crippen LogP contribution is 2.25. The van der Waals surface area contributed by atoms with Gasteiger partial charge in [0.25, 0.3) is 0 Å². The van der Waals surface area contributed by atoms with Gasteiger partial charge in [0, 0.05) is 4.90 Å². The van der Waals surface area contributed by atoms with Gasteiger partial charge in [0.2, 0.25) is 0 Å². The van der Waals surface area contributed by atoms with Crippen LogP contribution in [-0.4, -0.2) is 5.62 Å². The molecule has 0 N–H and O–H groups in total. The SMILES string of the molecule is Cc1cc(C)c(SC=O)c(C)c1. The quantitative estimate of drug-likeness (QED) is 0.514. The molecule has 0 radical (unpaired) electrons. The zero-order chi connectivity index (χ0) is 9.14. The van der Waals surface area contributed by atoms with Gasteiger partial charge in [0.05, 0.1) is 0 Å². The number of hydrogen-bond donors (Lipinski definition) is 0. The van der Waals surface area contributed by atoms with Gasteiger partial charge in [-0.15, -0.1) is 0 Å². The van der Waals surface area contributed by atoms with Crippen molar-refractivity contribution in [2.75, 3.05) is 0 Å². The number of thioether (sulfide) groups is 1. The second kappa shape index (κ2) is 3.76. The molecule has 2 heteroatoms. The van der Waals surface area contributed by atoms with Crippen LogP contribution >= 0.6 is 11.8 Å². The largest absolute Gasteiger partial charge is 0.291 e. The molecular weight excluding hydrogens is 168 g/mol. The maximum absolute atomic E-state index is 10.3. The summed E-state index contributed by atoms with van der Waals surface area (Å²) in [5.41, 5.74) is 4.50. The van der Waals surface area contributed by atoms with Gasteiger partial charge < -0.3 is 0 Å². The van der Waals surface area contributed by atoms with Crippen LogP contribution < -0.4 is 0 Å². The normalized spacial score (nSPS) is 9.92. The third kappa shape index (κ3) is 1.89. The van der Waals surface area contributed by atoms with E-state index in [1.165, 1.54) is 28.5 Å². The lowest BCUT2D eigenvalue weighted by molar-refractivity contribution is 0.570. The Morgan fingerprint density at radius 1 is 1.17 bits per heavy atom. The summed E-state index contributed by atoms with van der Waals surface area (Å²) in [5.74, 6) is 0. The van der Waals surface area contributed by atoms with Crippen molar-refractivity contribution < 1.29 is 4.79 Å². The Morgan fingerprint density at radius 2 is 1.67 bits per heavy atom. The first kappa shape index (κ1) is 9.33. The molecule has 0 atom stereocenters. The molecule has 0 spiro atoms. The van der Waals surface area contributed by atoms with E-state index in [1.54, 1.807) is 0 Å². The molecule has 0 bridgehead atoms. The van der Waals surface area contributed by atoms with Gasteiger partial charge in [-0.2, -0.15) is 0 Å². The van der Waals surface area contributed by atoms with Gasteiger partial charge in [-0.25, -0.2) is 0 Å². The fourth-order valence-corrected chi connectivity index (χ4v) is 1.99. The molecule has 0 saturated heterocycles. The average molecular weight is 180 g/mol. The molecule has 0 amide bonds. The van der Waals surface area contributed by atoms with Crippen LogP contribution in [0.4, 0.5) is 0 Å². The van der Waals surface area contributed by atoms with Crippen molar-refractivity contribution >= 4 is 17.4 Å². The summed E-state index contributed by atoms with van der Waals surface area (Å²) in [6.07, 6.45) is 0. The van der Waals surface area contributed by atoms with Crippen LogP contribution in [0, 0.1) is 20.8 Å². The summed E-state index contributed by atoms with van der Waals surface area (Å²) in [6, 6.07) is 4.19. The molecule has 1 aromatic rings. The summed E-state index contributed by atoms with van der Waals surface area (Å²) in [5, 5.41) is 0. The molecule has 0 unspecified atom stereocenters. The maximum atomic E-state index is 10.3. The van der Waals surface area contributed by atoms with Crippen molar-refractivity contribution in [1.82, 2.24) is 0 Å². The average Bonchev–Trinajstić information content (AvgIpc) is 1.96. The zero-order valence-corrected chi connectivity index (χ0v) is 8.37. The first-order valence-corrected chi connectivity index (χ1v) is 4.71. The molecular formula is C10H12OS. The van der Waals surface area contributed by atoms with Gasteiger partial charge in [0.1, 0.15) is 0 Å². The topological polar surface area (TPSA) is 17.1 Å². The molecule has 1 nitrogen and oxygen atoms in total. The lowest BCUT2D eigenvalue weighted by Crippen LogP contribution is -1.86. The van der Waals surface area contributed by atoms with E-state index in [0.29, 0.717) is 0 Å². The summed E-state index contributed by atoms with van der Waals surface area (Å²) in [6.45, 7) is 6.13. The third-order valence-electron chi connectivity index (χ3n) is 1.77. The van der Waals surface area contributed by atoms with Crippen LogP contribution in [0.2, 0.25) is 0 Å². The summed E-state index contributed by atoms with van der Waals surface area (Å²) < 4.78 is 0. The minimum atomic E-state index is 0.880. The van der Waals surface area contributed by atoms with Gasteiger partial charge >= 0.3 is 0 Å². The van der Waals surface area contributed by atoms with Crippen molar-refractivity contribution in [3.63, 3.8) is 0 Å². The molecule has 0 heterocycles. The number of aryl methyl sites for hydroxylation is 3. The van der Waals surface area contributed by atoms with E-state index in [-0.39, 0.29) is 0 Å². The lowest BCUT2D eigenvalue weighted by Gasteiger charge is -2.06. The van der Waals surface area contributed by atoms with Crippen LogP contribution in [0.5, 0.6) is 0 Å². The predicted molar refractivity (Wildman–Crippen MR) is 53.3 cm³/mol. The Labute approximate surface area is 77.2 Å². The number of carbonyl (C=O) groups excluding carboxylic acids is 1. The monoisotopic (exact) mass is 180 g/mol. The minimum absolute atomic E-state index is 0.880. The van der Waals surface area contributed by atoms with Gasteiger partial charge in [0.15, 0.2) is 5.62 Å². The van der Waals surface area contributed by atoms with Gasteiger partial charge in [-0.05, 0) is 31.9 Å². The molecule has 0 aliphatic heterocycles. The van der Waals surface area contributed by atoms with Crippen molar-refractivity contribution in [3.05, 3.63) is 28.8 Å². The zero-order valence-electron chi connectivity index (χ0n) is 7.55. The predicted octanol–water partition coefficient (Wildman–Crippen LogP) is 2.89. The molecule has 0 aliphatic carbocycles. The summed E-state index contributed by atoms with van der Waals surface area (Å²) in [4.78, 5) is 11.4. The molecule has 12 heavy (non-hydrogen) atoms. The maximum Gasteiger partial charge on any atom is 0.180 e. The van der Waals surface area contributed by atoms with Crippen LogP contribution in [0.25, 0.3) is 0 Å². The first-order valence-electron chi connectivity index (χ1n) is 3.83. The van der Waals surface area contributed by atoms with E-state index in [1.807, 2.05) is 13.8 Å². The van der Waals surface area contributed by atoms with Crippen LogP contribution in [0.15, 0.2) is 17.0 Å². The van der Waals surface area contributed by atoms with E-state index in [4.69, 9.17) is 0 Å². The number of carbonyl (C=O) groups is 1. The molecule has 64 valence electrons. The number of rotatable bonds is 2. The Morgan fingerprint density at radius 3 is 2.08 bits per heavy atom. The third-order valence-corrected chi connectivity index (χ3v) is 2.75. The fraction of sp³-hybridized carbons (Fsp3) is 0.300. The van der Waals surface area contributed by atoms with Gasteiger partial charge in [-0.3, -0.25) is 4.79 Å². The minimum Gasteiger partial charge on any atom is -0.291 e. The molecule has 1 aromatic carbocycles. The van der Waals surface area contributed by atoms with E-state index in [0.717, 1.165) is 10.5 Å². The van der Waals surface area contributed by atoms with Crippen LogP contribution in [0.3, 0.4) is 0 Å². The molecule has 1 rings (SSSR count). The van der Waals surface area contributed by atoms with E-state index < -0.39 is 0 Å². The number of benzene rings is 1.